The molecule has 1 unspecified atom stereocenters. The van der Waals surface area contributed by atoms with Crippen LogP contribution in [0, 0.1) is 5.92 Å². The number of halogens is 1. The molecule has 0 amide bonds. The third-order valence-electron chi connectivity index (χ3n) is 3.89. The number of fused-ring (bicyclic) bond motifs is 1. The van der Waals surface area contributed by atoms with E-state index in [1.165, 1.54) is 0 Å². The first-order valence-corrected chi connectivity index (χ1v) is 7.64. The number of aliphatic carboxylic acids is 1. The van der Waals surface area contributed by atoms with E-state index in [4.69, 9.17) is 16.7 Å². The van der Waals surface area contributed by atoms with Crippen molar-refractivity contribution in [1.82, 2.24) is 4.98 Å². The van der Waals surface area contributed by atoms with Crippen LogP contribution in [0.4, 0.5) is 0 Å². The Morgan fingerprint density at radius 1 is 1.45 bits per heavy atom. The molecule has 1 aromatic heterocycles. The van der Waals surface area contributed by atoms with E-state index in [0.29, 0.717) is 5.02 Å². The molecule has 3 nitrogen and oxygen atoms in total. The summed E-state index contributed by atoms with van der Waals surface area (Å²) in [5.74, 6) is -0.765. The predicted octanol–water partition coefficient (Wildman–Crippen LogP) is 3.46. The van der Waals surface area contributed by atoms with Gasteiger partial charge in [-0.05, 0) is 38.0 Å². The molecule has 0 aliphatic carbocycles. The fraction of sp³-hybridized carbons (Fsp3) is 0.278. The van der Waals surface area contributed by atoms with Crippen molar-refractivity contribution >= 4 is 40.6 Å². The number of aromatic amines is 1. The maximum atomic E-state index is 10.8. The van der Waals surface area contributed by atoms with Crippen LogP contribution in [0.2, 0.25) is 5.02 Å². The SMILES string of the molecule is C/C=c1/[nH]c2ccc(Cl)cc2/c1=C/C=C(\C)C(C)CC(=O)O. The lowest BCUT2D eigenvalue weighted by Gasteiger charge is -2.07. The number of nitrogens with one attached hydrogen (secondary N) is 1. The third-order valence-corrected chi connectivity index (χ3v) is 4.13. The molecule has 0 fully saturated rings. The van der Waals surface area contributed by atoms with Crippen molar-refractivity contribution in [3.05, 3.63) is 45.4 Å². The van der Waals surface area contributed by atoms with Crippen LogP contribution in [0.3, 0.4) is 0 Å². The van der Waals surface area contributed by atoms with Gasteiger partial charge >= 0.3 is 5.97 Å². The summed E-state index contributed by atoms with van der Waals surface area (Å²) in [6.45, 7) is 5.86. The molecule has 1 heterocycles. The standard InChI is InChI=1S/C18H20ClNO2/c1-4-16-14(7-5-11(2)12(3)9-18(21)22)15-10-13(19)6-8-17(15)20-16/h4-8,10,12,20H,9H2,1-3H3,(H,21,22)/b11-5+,14-7-,16-4+. The maximum absolute atomic E-state index is 10.8. The summed E-state index contributed by atoms with van der Waals surface area (Å²) >= 11 is 6.09. The Balaban J connectivity index is 2.54. The van der Waals surface area contributed by atoms with Gasteiger partial charge in [0.1, 0.15) is 0 Å². The summed E-state index contributed by atoms with van der Waals surface area (Å²) < 4.78 is 0. The van der Waals surface area contributed by atoms with Gasteiger partial charge < -0.3 is 10.1 Å². The predicted molar refractivity (Wildman–Crippen MR) is 92.3 cm³/mol. The lowest BCUT2D eigenvalue weighted by Crippen LogP contribution is -2.21. The number of H-pyrrole nitrogens is 1. The van der Waals surface area contributed by atoms with Gasteiger partial charge in [-0.25, -0.2) is 0 Å². The van der Waals surface area contributed by atoms with Gasteiger partial charge in [-0.15, -0.1) is 0 Å². The summed E-state index contributed by atoms with van der Waals surface area (Å²) in [5.41, 5.74) is 2.08. The molecule has 1 aromatic carbocycles. The highest BCUT2D eigenvalue weighted by Crippen LogP contribution is 2.15. The fourth-order valence-electron chi connectivity index (χ4n) is 2.42. The quantitative estimate of drug-likeness (QED) is 0.907. The first-order valence-electron chi connectivity index (χ1n) is 7.26. The summed E-state index contributed by atoms with van der Waals surface area (Å²) in [7, 11) is 0. The topological polar surface area (TPSA) is 53.1 Å². The van der Waals surface area contributed by atoms with E-state index in [-0.39, 0.29) is 12.3 Å². The number of carboxylic acids is 1. The average Bonchev–Trinajstić information content (AvgIpc) is 2.81. The molecule has 2 N–H and O–H groups in total. The highest BCUT2D eigenvalue weighted by atomic mass is 35.5. The van der Waals surface area contributed by atoms with Crippen LogP contribution in [-0.4, -0.2) is 16.1 Å². The van der Waals surface area contributed by atoms with Crippen molar-refractivity contribution in [2.75, 3.05) is 0 Å². The van der Waals surface area contributed by atoms with Crippen LogP contribution in [0.15, 0.2) is 29.8 Å². The van der Waals surface area contributed by atoms with Crippen molar-refractivity contribution in [3.63, 3.8) is 0 Å². The molecule has 0 saturated carbocycles. The van der Waals surface area contributed by atoms with Crippen molar-refractivity contribution < 1.29 is 9.90 Å². The minimum Gasteiger partial charge on any atom is -0.481 e. The van der Waals surface area contributed by atoms with E-state index in [2.05, 4.69) is 4.98 Å². The molecular weight excluding hydrogens is 298 g/mol. The van der Waals surface area contributed by atoms with Crippen LogP contribution < -0.4 is 10.6 Å². The number of benzene rings is 1. The molecule has 0 spiro atoms. The molecule has 0 aliphatic rings. The molecule has 0 aliphatic heterocycles. The number of aromatic nitrogens is 1. The first kappa shape index (κ1) is 16.4. The van der Waals surface area contributed by atoms with E-state index < -0.39 is 5.97 Å². The highest BCUT2D eigenvalue weighted by molar-refractivity contribution is 6.31. The van der Waals surface area contributed by atoms with Crippen molar-refractivity contribution in [3.8, 4) is 0 Å². The molecule has 116 valence electrons. The summed E-state index contributed by atoms with van der Waals surface area (Å²) in [5, 5.41) is 12.7. The molecule has 0 saturated heterocycles. The smallest absolute Gasteiger partial charge is 0.303 e. The number of carboxylic acid groups (broad SMARTS) is 1. The molecule has 0 radical (unpaired) electrons. The van der Waals surface area contributed by atoms with Crippen molar-refractivity contribution in [2.45, 2.75) is 27.2 Å². The normalized spacial score (nSPS) is 15.5. The Hall–Kier alpha value is -2.00. The number of hydrogen-bond acceptors (Lipinski definition) is 1. The van der Waals surface area contributed by atoms with E-state index >= 15 is 0 Å². The van der Waals surface area contributed by atoms with Gasteiger partial charge in [0.2, 0.25) is 0 Å². The second-order valence-corrected chi connectivity index (χ2v) is 5.94. The zero-order valence-electron chi connectivity index (χ0n) is 13.0. The van der Waals surface area contributed by atoms with Gasteiger partial charge in [-0.2, -0.15) is 0 Å². The van der Waals surface area contributed by atoms with Crippen LogP contribution in [0.5, 0.6) is 0 Å². The minimum atomic E-state index is -0.776. The van der Waals surface area contributed by atoms with E-state index in [1.54, 1.807) is 0 Å². The Morgan fingerprint density at radius 2 is 2.18 bits per heavy atom. The first-order chi connectivity index (χ1) is 10.4. The molecular formula is C18H20ClNO2. The van der Waals surface area contributed by atoms with Crippen molar-refractivity contribution in [2.24, 2.45) is 5.92 Å². The number of carbonyl (C=O) groups is 1. The van der Waals surface area contributed by atoms with Crippen LogP contribution >= 0.6 is 11.6 Å². The van der Waals surface area contributed by atoms with E-state index in [9.17, 15) is 4.79 Å². The lowest BCUT2D eigenvalue weighted by atomic mass is 9.98. The Morgan fingerprint density at radius 3 is 2.82 bits per heavy atom. The summed E-state index contributed by atoms with van der Waals surface area (Å²) in [6.07, 6.45) is 6.18. The van der Waals surface area contributed by atoms with Crippen LogP contribution in [-0.2, 0) is 4.79 Å². The van der Waals surface area contributed by atoms with Gasteiger partial charge in [0.25, 0.3) is 0 Å². The summed E-state index contributed by atoms with van der Waals surface area (Å²) in [6, 6.07) is 5.77. The third kappa shape index (κ3) is 3.60. The van der Waals surface area contributed by atoms with Gasteiger partial charge in [-0.1, -0.05) is 42.3 Å². The molecule has 0 bridgehead atoms. The van der Waals surface area contributed by atoms with Gasteiger partial charge in [0, 0.05) is 26.5 Å². The number of allylic oxidation sites excluding steroid dienone is 2. The van der Waals surface area contributed by atoms with Crippen LogP contribution in [0.1, 0.15) is 27.2 Å². The largest absolute Gasteiger partial charge is 0.481 e. The Kier molecular flexibility index (Phi) is 5.09. The number of hydrogen-bond donors (Lipinski definition) is 2. The minimum absolute atomic E-state index is 0.0107. The average molecular weight is 318 g/mol. The molecule has 2 rings (SSSR count). The molecule has 1 atom stereocenters. The second kappa shape index (κ2) is 6.84. The van der Waals surface area contributed by atoms with Gasteiger partial charge in [-0.3, -0.25) is 4.79 Å². The van der Waals surface area contributed by atoms with E-state index in [1.807, 2.05) is 57.2 Å². The fourth-order valence-corrected chi connectivity index (χ4v) is 2.59. The molecule has 22 heavy (non-hydrogen) atoms. The second-order valence-electron chi connectivity index (χ2n) is 5.51. The Bertz CT molecular complexity index is 846. The maximum Gasteiger partial charge on any atom is 0.303 e. The lowest BCUT2D eigenvalue weighted by molar-refractivity contribution is -0.137. The molecule has 2 aromatic rings. The van der Waals surface area contributed by atoms with Gasteiger partial charge in [0.05, 0.1) is 6.42 Å². The molecule has 4 heteroatoms. The van der Waals surface area contributed by atoms with Crippen molar-refractivity contribution in [1.29, 1.82) is 0 Å². The highest BCUT2D eigenvalue weighted by Gasteiger charge is 2.08. The summed E-state index contributed by atoms with van der Waals surface area (Å²) in [4.78, 5) is 14.2. The zero-order chi connectivity index (χ0) is 16.3. The van der Waals surface area contributed by atoms with Gasteiger partial charge in [0.15, 0.2) is 0 Å². The number of rotatable bonds is 4. The van der Waals surface area contributed by atoms with Crippen LogP contribution in [0.25, 0.3) is 23.1 Å². The monoisotopic (exact) mass is 317 g/mol. The van der Waals surface area contributed by atoms with E-state index in [0.717, 1.165) is 27.0 Å². The zero-order valence-corrected chi connectivity index (χ0v) is 13.7. The Labute approximate surface area is 134 Å².